The van der Waals surface area contributed by atoms with Gasteiger partial charge in [0.1, 0.15) is 0 Å². The summed E-state index contributed by atoms with van der Waals surface area (Å²) in [5, 5.41) is 0. The van der Waals surface area contributed by atoms with Crippen molar-refractivity contribution in [1.82, 2.24) is 14.1 Å². The lowest BCUT2D eigenvalue weighted by Crippen LogP contribution is -2.52. The summed E-state index contributed by atoms with van der Waals surface area (Å²) in [4.78, 5) is 17.1. The van der Waals surface area contributed by atoms with E-state index in [2.05, 4.69) is 36.1 Å². The Morgan fingerprint density at radius 1 is 1.15 bits per heavy atom. The summed E-state index contributed by atoms with van der Waals surface area (Å²) in [7, 11) is -3.22. The van der Waals surface area contributed by atoms with Gasteiger partial charge in [0.05, 0.1) is 12.2 Å². The van der Waals surface area contributed by atoms with Crippen LogP contribution in [-0.4, -0.2) is 74.0 Å². The van der Waals surface area contributed by atoms with Crippen LogP contribution >= 0.6 is 0 Å². The standard InChI is InChI=1S/C19H29N3O3S/c1-16-5-3-6-17(13-16)14-20-9-11-21(12-10-20)19(23)18-7-4-8-22(15-18)26(2,24)25/h3,5-6,13,18H,4,7-12,14-15H2,1-2H3/t18-/m1/s1. The first-order valence-electron chi connectivity index (χ1n) is 9.35. The van der Waals surface area contributed by atoms with E-state index in [4.69, 9.17) is 0 Å². The van der Waals surface area contributed by atoms with Crippen molar-refractivity contribution in [1.29, 1.82) is 0 Å². The minimum absolute atomic E-state index is 0.119. The Hall–Kier alpha value is -1.44. The van der Waals surface area contributed by atoms with E-state index >= 15 is 0 Å². The molecule has 1 aromatic rings. The molecule has 144 valence electrons. The fourth-order valence-corrected chi connectivity index (χ4v) is 4.81. The van der Waals surface area contributed by atoms with Crippen LogP contribution in [0.25, 0.3) is 0 Å². The minimum atomic E-state index is -3.22. The highest BCUT2D eigenvalue weighted by molar-refractivity contribution is 7.88. The summed E-state index contributed by atoms with van der Waals surface area (Å²) >= 11 is 0. The molecule has 0 N–H and O–H groups in total. The number of rotatable bonds is 4. The van der Waals surface area contributed by atoms with Crippen molar-refractivity contribution in [3.63, 3.8) is 0 Å². The van der Waals surface area contributed by atoms with Crippen molar-refractivity contribution in [2.24, 2.45) is 5.92 Å². The summed E-state index contributed by atoms with van der Waals surface area (Å²) in [5.41, 5.74) is 2.57. The molecular weight excluding hydrogens is 350 g/mol. The quantitative estimate of drug-likeness (QED) is 0.791. The van der Waals surface area contributed by atoms with Gasteiger partial charge < -0.3 is 4.90 Å². The zero-order valence-corrected chi connectivity index (χ0v) is 16.5. The number of hydrogen-bond donors (Lipinski definition) is 0. The molecule has 2 saturated heterocycles. The zero-order valence-electron chi connectivity index (χ0n) is 15.7. The van der Waals surface area contributed by atoms with Crippen LogP contribution in [0.5, 0.6) is 0 Å². The molecule has 1 amide bonds. The Labute approximate surface area is 156 Å². The molecule has 0 bridgehead atoms. The number of amides is 1. The maximum Gasteiger partial charge on any atom is 0.227 e. The summed E-state index contributed by atoms with van der Waals surface area (Å²) in [6.07, 6.45) is 2.77. The molecule has 2 aliphatic heterocycles. The number of sulfonamides is 1. The lowest BCUT2D eigenvalue weighted by atomic mass is 9.97. The van der Waals surface area contributed by atoms with Gasteiger partial charge in [0.15, 0.2) is 0 Å². The van der Waals surface area contributed by atoms with Crippen LogP contribution in [0.4, 0.5) is 0 Å². The molecule has 0 aromatic heterocycles. The third-order valence-corrected chi connectivity index (χ3v) is 6.64. The first-order valence-corrected chi connectivity index (χ1v) is 11.2. The van der Waals surface area contributed by atoms with Crippen LogP contribution in [0, 0.1) is 12.8 Å². The molecule has 1 aromatic carbocycles. The van der Waals surface area contributed by atoms with Crippen molar-refractivity contribution >= 4 is 15.9 Å². The molecule has 0 unspecified atom stereocenters. The van der Waals surface area contributed by atoms with Gasteiger partial charge in [-0.3, -0.25) is 9.69 Å². The molecule has 6 nitrogen and oxygen atoms in total. The second-order valence-electron chi connectivity index (χ2n) is 7.55. The lowest BCUT2D eigenvalue weighted by molar-refractivity contribution is -0.138. The Kier molecular flexibility index (Phi) is 5.99. The number of piperazine rings is 1. The molecule has 0 radical (unpaired) electrons. The van der Waals surface area contributed by atoms with E-state index in [1.807, 2.05) is 4.90 Å². The van der Waals surface area contributed by atoms with Crippen LogP contribution in [0.3, 0.4) is 0 Å². The smallest absolute Gasteiger partial charge is 0.227 e. The third kappa shape index (κ3) is 4.84. The van der Waals surface area contributed by atoms with Gasteiger partial charge in [0.25, 0.3) is 0 Å². The lowest BCUT2D eigenvalue weighted by Gasteiger charge is -2.38. The maximum absolute atomic E-state index is 12.8. The fraction of sp³-hybridized carbons (Fsp3) is 0.632. The van der Waals surface area contributed by atoms with E-state index in [9.17, 15) is 13.2 Å². The maximum atomic E-state index is 12.8. The number of hydrogen-bond acceptors (Lipinski definition) is 4. The number of carbonyl (C=O) groups is 1. The van der Waals surface area contributed by atoms with Crippen molar-refractivity contribution in [3.8, 4) is 0 Å². The number of carbonyl (C=O) groups excluding carboxylic acids is 1. The van der Waals surface area contributed by atoms with E-state index in [1.165, 1.54) is 21.7 Å². The third-order valence-electron chi connectivity index (χ3n) is 5.38. The van der Waals surface area contributed by atoms with Gasteiger partial charge in [0.2, 0.25) is 15.9 Å². The van der Waals surface area contributed by atoms with Gasteiger partial charge >= 0.3 is 0 Å². The average molecular weight is 380 g/mol. The van der Waals surface area contributed by atoms with Gasteiger partial charge in [-0.2, -0.15) is 0 Å². The molecule has 0 aliphatic carbocycles. The minimum Gasteiger partial charge on any atom is -0.340 e. The van der Waals surface area contributed by atoms with E-state index in [-0.39, 0.29) is 11.8 Å². The molecule has 0 spiro atoms. The second-order valence-corrected chi connectivity index (χ2v) is 9.53. The van der Waals surface area contributed by atoms with Crippen molar-refractivity contribution in [2.45, 2.75) is 26.3 Å². The molecule has 3 rings (SSSR count). The topological polar surface area (TPSA) is 60.9 Å². The number of piperidine rings is 1. The molecule has 0 saturated carbocycles. The highest BCUT2D eigenvalue weighted by Gasteiger charge is 2.33. The predicted octanol–water partition coefficient (Wildman–Crippen LogP) is 1.31. The SMILES string of the molecule is Cc1cccc(CN2CCN(C(=O)[C@@H]3CCCN(S(C)(=O)=O)C3)CC2)c1. The largest absolute Gasteiger partial charge is 0.340 e. The van der Waals surface area contributed by atoms with Gasteiger partial charge in [-0.25, -0.2) is 12.7 Å². The van der Waals surface area contributed by atoms with Crippen LogP contribution < -0.4 is 0 Å². The van der Waals surface area contributed by atoms with E-state index < -0.39 is 10.0 Å². The van der Waals surface area contributed by atoms with Crippen molar-refractivity contribution in [2.75, 3.05) is 45.5 Å². The first-order chi connectivity index (χ1) is 12.3. The summed E-state index contributed by atoms with van der Waals surface area (Å²) in [5.74, 6) is -0.0737. The highest BCUT2D eigenvalue weighted by Crippen LogP contribution is 2.21. The predicted molar refractivity (Wildman–Crippen MR) is 102 cm³/mol. The second kappa shape index (κ2) is 8.06. The molecule has 1 atom stereocenters. The van der Waals surface area contributed by atoms with Gasteiger partial charge in [-0.05, 0) is 25.3 Å². The van der Waals surface area contributed by atoms with Crippen LogP contribution in [0.1, 0.15) is 24.0 Å². The first kappa shape index (κ1) is 19.3. The van der Waals surface area contributed by atoms with E-state index in [0.717, 1.165) is 45.6 Å². The molecule has 7 heteroatoms. The average Bonchev–Trinajstić information content (AvgIpc) is 2.61. The van der Waals surface area contributed by atoms with Crippen LogP contribution in [0.15, 0.2) is 24.3 Å². The molecule has 2 heterocycles. The number of nitrogens with zero attached hydrogens (tertiary/aromatic N) is 3. The van der Waals surface area contributed by atoms with Crippen molar-refractivity contribution in [3.05, 3.63) is 35.4 Å². The van der Waals surface area contributed by atoms with Gasteiger partial charge in [-0.1, -0.05) is 29.8 Å². The molecular formula is C19H29N3O3S. The zero-order chi connectivity index (χ0) is 18.7. The molecule has 2 aliphatic rings. The Morgan fingerprint density at radius 2 is 1.88 bits per heavy atom. The van der Waals surface area contributed by atoms with Gasteiger partial charge in [-0.15, -0.1) is 0 Å². The Balaban J connectivity index is 1.52. The van der Waals surface area contributed by atoms with Gasteiger partial charge in [0, 0.05) is 45.8 Å². The van der Waals surface area contributed by atoms with E-state index in [1.54, 1.807) is 0 Å². The van der Waals surface area contributed by atoms with E-state index in [0.29, 0.717) is 13.1 Å². The summed E-state index contributed by atoms with van der Waals surface area (Å²) in [6.45, 7) is 7.05. The fourth-order valence-electron chi connectivity index (χ4n) is 3.90. The highest BCUT2D eigenvalue weighted by atomic mass is 32.2. The molecule has 26 heavy (non-hydrogen) atoms. The number of benzene rings is 1. The monoisotopic (exact) mass is 379 g/mol. The Bertz CT molecular complexity index is 742. The van der Waals surface area contributed by atoms with Crippen LogP contribution in [-0.2, 0) is 21.4 Å². The normalized spacial score (nSPS) is 23.2. The van der Waals surface area contributed by atoms with Crippen LogP contribution in [0.2, 0.25) is 0 Å². The van der Waals surface area contributed by atoms with Crippen molar-refractivity contribution < 1.29 is 13.2 Å². The Morgan fingerprint density at radius 3 is 2.54 bits per heavy atom. The number of aryl methyl sites for hydroxylation is 1. The summed E-state index contributed by atoms with van der Waals surface area (Å²) in [6, 6.07) is 8.54. The molecule has 2 fully saturated rings. The summed E-state index contributed by atoms with van der Waals surface area (Å²) < 4.78 is 25.0.